The fourth-order valence-electron chi connectivity index (χ4n) is 2.19. The van der Waals surface area contributed by atoms with E-state index in [1.165, 1.54) is 44.3 Å². The van der Waals surface area contributed by atoms with Crippen LogP contribution in [0.3, 0.4) is 0 Å². The second-order valence-electron chi connectivity index (χ2n) is 5.44. The maximum absolute atomic E-state index is 5.72. The third kappa shape index (κ3) is 9.43. The van der Waals surface area contributed by atoms with E-state index in [-0.39, 0.29) is 0 Å². The van der Waals surface area contributed by atoms with Crippen LogP contribution in [0.4, 0.5) is 0 Å². The molecule has 0 saturated carbocycles. The molecule has 0 saturated heterocycles. The topological polar surface area (TPSA) is 12.5 Å². The van der Waals surface area contributed by atoms with E-state index in [4.69, 9.17) is 4.74 Å². The molecular weight excluding hydrogens is 258 g/mol. The van der Waals surface area contributed by atoms with Gasteiger partial charge < -0.3 is 9.64 Å². The molecule has 21 heavy (non-hydrogen) atoms. The molecule has 2 nitrogen and oxygen atoms in total. The monoisotopic (exact) mass is 289 g/mol. The van der Waals surface area contributed by atoms with Crippen molar-refractivity contribution in [1.82, 2.24) is 4.90 Å². The smallest absolute Gasteiger partial charge is 0.0651 e. The molecule has 0 atom stereocenters. The fourth-order valence-corrected chi connectivity index (χ4v) is 2.19. The van der Waals surface area contributed by atoms with E-state index >= 15 is 0 Å². The van der Waals surface area contributed by atoms with Crippen molar-refractivity contribution in [2.75, 3.05) is 32.8 Å². The van der Waals surface area contributed by atoms with Gasteiger partial charge in [-0.15, -0.1) is 0 Å². The SMILES string of the molecule is CCCCN(CCCC)CCOCC=Cc1ccccc1. The predicted octanol–water partition coefficient (Wildman–Crippen LogP) is 4.62. The van der Waals surface area contributed by atoms with Gasteiger partial charge in [0.05, 0.1) is 13.2 Å². The molecule has 0 heterocycles. The lowest BCUT2D eigenvalue weighted by Gasteiger charge is -2.21. The van der Waals surface area contributed by atoms with Crippen molar-refractivity contribution in [2.24, 2.45) is 0 Å². The number of hydrogen-bond acceptors (Lipinski definition) is 2. The Morgan fingerprint density at radius 1 is 0.952 bits per heavy atom. The Hall–Kier alpha value is -1.12. The lowest BCUT2D eigenvalue weighted by molar-refractivity contribution is 0.122. The first-order chi connectivity index (χ1) is 10.4. The Labute approximate surface area is 130 Å². The summed E-state index contributed by atoms with van der Waals surface area (Å²) in [6.45, 7) is 9.50. The van der Waals surface area contributed by atoms with Gasteiger partial charge in [0.15, 0.2) is 0 Å². The van der Waals surface area contributed by atoms with E-state index in [2.05, 4.69) is 55.2 Å². The van der Waals surface area contributed by atoms with Crippen LogP contribution in [0.2, 0.25) is 0 Å². The predicted molar refractivity (Wildman–Crippen MR) is 92.6 cm³/mol. The van der Waals surface area contributed by atoms with Crippen molar-refractivity contribution >= 4 is 6.08 Å². The third-order valence-electron chi connectivity index (χ3n) is 3.53. The molecule has 1 rings (SSSR count). The van der Waals surface area contributed by atoms with Gasteiger partial charge in [0.2, 0.25) is 0 Å². The highest BCUT2D eigenvalue weighted by molar-refractivity contribution is 5.48. The van der Waals surface area contributed by atoms with Gasteiger partial charge >= 0.3 is 0 Å². The molecule has 0 fully saturated rings. The Kier molecular flexibility index (Phi) is 10.8. The van der Waals surface area contributed by atoms with E-state index in [1.807, 2.05) is 6.07 Å². The van der Waals surface area contributed by atoms with Gasteiger partial charge in [0.25, 0.3) is 0 Å². The summed E-state index contributed by atoms with van der Waals surface area (Å²) >= 11 is 0. The molecule has 0 N–H and O–H groups in total. The van der Waals surface area contributed by atoms with E-state index in [0.717, 1.165) is 13.2 Å². The zero-order chi connectivity index (χ0) is 15.2. The Bertz CT molecular complexity index is 353. The van der Waals surface area contributed by atoms with Crippen molar-refractivity contribution in [1.29, 1.82) is 0 Å². The van der Waals surface area contributed by atoms with Gasteiger partial charge in [-0.1, -0.05) is 69.2 Å². The van der Waals surface area contributed by atoms with E-state index in [1.54, 1.807) is 0 Å². The number of ether oxygens (including phenoxy) is 1. The summed E-state index contributed by atoms with van der Waals surface area (Å²) in [6, 6.07) is 10.4. The molecule has 0 unspecified atom stereocenters. The highest BCUT2D eigenvalue weighted by atomic mass is 16.5. The quantitative estimate of drug-likeness (QED) is 0.521. The highest BCUT2D eigenvalue weighted by Crippen LogP contribution is 2.01. The summed E-state index contributed by atoms with van der Waals surface area (Å²) in [5, 5.41) is 0. The van der Waals surface area contributed by atoms with Crippen molar-refractivity contribution in [2.45, 2.75) is 39.5 Å². The van der Waals surface area contributed by atoms with Crippen molar-refractivity contribution in [3.8, 4) is 0 Å². The zero-order valence-corrected chi connectivity index (χ0v) is 13.8. The average molecular weight is 289 g/mol. The second-order valence-corrected chi connectivity index (χ2v) is 5.44. The largest absolute Gasteiger partial charge is 0.376 e. The normalized spacial score (nSPS) is 11.6. The van der Waals surface area contributed by atoms with Crippen LogP contribution in [0.5, 0.6) is 0 Å². The number of benzene rings is 1. The fraction of sp³-hybridized carbons (Fsp3) is 0.579. The van der Waals surface area contributed by atoms with Gasteiger partial charge in [-0.2, -0.15) is 0 Å². The number of hydrogen-bond donors (Lipinski definition) is 0. The van der Waals surface area contributed by atoms with Crippen LogP contribution in [-0.2, 0) is 4.74 Å². The first kappa shape index (κ1) is 17.9. The summed E-state index contributed by atoms with van der Waals surface area (Å²) in [4.78, 5) is 2.54. The molecular formula is C19H31NO. The molecule has 0 bridgehead atoms. The van der Waals surface area contributed by atoms with Crippen molar-refractivity contribution in [3.05, 3.63) is 42.0 Å². The third-order valence-corrected chi connectivity index (χ3v) is 3.53. The maximum atomic E-state index is 5.72. The average Bonchev–Trinajstić information content (AvgIpc) is 2.53. The van der Waals surface area contributed by atoms with Crippen LogP contribution in [0, 0.1) is 0 Å². The van der Waals surface area contributed by atoms with Gasteiger partial charge in [-0.05, 0) is 31.5 Å². The minimum absolute atomic E-state index is 0.699. The molecule has 118 valence electrons. The van der Waals surface area contributed by atoms with Crippen LogP contribution in [0.15, 0.2) is 36.4 Å². The van der Waals surface area contributed by atoms with Crippen molar-refractivity contribution < 1.29 is 4.74 Å². The lowest BCUT2D eigenvalue weighted by Crippen LogP contribution is -2.29. The molecule has 1 aromatic carbocycles. The first-order valence-corrected chi connectivity index (χ1v) is 8.38. The van der Waals surface area contributed by atoms with Gasteiger partial charge in [0, 0.05) is 6.54 Å². The van der Waals surface area contributed by atoms with Crippen LogP contribution in [0.1, 0.15) is 45.1 Å². The Morgan fingerprint density at radius 2 is 1.62 bits per heavy atom. The molecule has 0 radical (unpaired) electrons. The van der Waals surface area contributed by atoms with Gasteiger partial charge in [-0.25, -0.2) is 0 Å². The molecule has 0 aromatic heterocycles. The lowest BCUT2D eigenvalue weighted by atomic mass is 10.2. The van der Waals surface area contributed by atoms with Crippen LogP contribution in [-0.4, -0.2) is 37.7 Å². The molecule has 2 heteroatoms. The van der Waals surface area contributed by atoms with Crippen molar-refractivity contribution in [3.63, 3.8) is 0 Å². The van der Waals surface area contributed by atoms with Crippen LogP contribution < -0.4 is 0 Å². The van der Waals surface area contributed by atoms with E-state index in [0.29, 0.717) is 6.61 Å². The minimum atomic E-state index is 0.699. The standard InChI is InChI=1S/C19H31NO/c1-3-5-14-20(15-6-4-2)16-18-21-17-10-13-19-11-8-7-9-12-19/h7-13H,3-6,14-18H2,1-2H3. The molecule has 0 amide bonds. The van der Waals surface area contributed by atoms with E-state index in [9.17, 15) is 0 Å². The molecule has 0 spiro atoms. The maximum Gasteiger partial charge on any atom is 0.0651 e. The summed E-state index contributed by atoms with van der Waals surface area (Å²) in [6.07, 6.45) is 9.32. The zero-order valence-electron chi connectivity index (χ0n) is 13.8. The number of rotatable bonds is 12. The minimum Gasteiger partial charge on any atom is -0.376 e. The first-order valence-electron chi connectivity index (χ1n) is 8.38. The van der Waals surface area contributed by atoms with Crippen LogP contribution >= 0.6 is 0 Å². The Balaban J connectivity index is 2.13. The van der Waals surface area contributed by atoms with E-state index < -0.39 is 0 Å². The second kappa shape index (κ2) is 12.6. The summed E-state index contributed by atoms with van der Waals surface area (Å²) < 4.78 is 5.72. The van der Waals surface area contributed by atoms with Gasteiger partial charge in [0.1, 0.15) is 0 Å². The molecule has 0 aliphatic carbocycles. The summed E-state index contributed by atoms with van der Waals surface area (Å²) in [7, 11) is 0. The molecule has 1 aromatic rings. The summed E-state index contributed by atoms with van der Waals surface area (Å²) in [5.41, 5.74) is 1.23. The summed E-state index contributed by atoms with van der Waals surface area (Å²) in [5.74, 6) is 0. The highest BCUT2D eigenvalue weighted by Gasteiger charge is 2.02. The van der Waals surface area contributed by atoms with Crippen LogP contribution in [0.25, 0.3) is 6.08 Å². The molecule has 0 aliphatic heterocycles. The molecule has 0 aliphatic rings. The number of unbranched alkanes of at least 4 members (excludes halogenated alkanes) is 2. The number of nitrogens with zero attached hydrogens (tertiary/aromatic N) is 1. The Morgan fingerprint density at radius 3 is 2.24 bits per heavy atom. The van der Waals surface area contributed by atoms with Gasteiger partial charge in [-0.3, -0.25) is 0 Å².